The number of hydrogen-bond acceptors (Lipinski definition) is 8. The fraction of sp³-hybridized carbons (Fsp3) is 0.219. The van der Waals surface area contributed by atoms with Crippen molar-refractivity contribution in [3.05, 3.63) is 117 Å². The molecule has 1 aromatic heterocycles. The van der Waals surface area contributed by atoms with Crippen LogP contribution in [0.3, 0.4) is 0 Å². The summed E-state index contributed by atoms with van der Waals surface area (Å²) in [6, 6.07) is 15.1. The monoisotopic (exact) mass is 672 g/mol. The molecule has 4 aromatic rings. The van der Waals surface area contributed by atoms with Crippen molar-refractivity contribution < 1.29 is 23.7 Å². The summed E-state index contributed by atoms with van der Waals surface area (Å²) in [4.78, 5) is 32.2. The number of thiazole rings is 1. The number of halogens is 3. The summed E-state index contributed by atoms with van der Waals surface area (Å²) < 4.78 is 24.1. The van der Waals surface area contributed by atoms with Crippen LogP contribution < -0.4 is 29.1 Å². The molecule has 0 saturated heterocycles. The van der Waals surface area contributed by atoms with Gasteiger partial charge in [0.15, 0.2) is 10.6 Å². The van der Waals surface area contributed by atoms with Gasteiger partial charge in [0, 0.05) is 10.6 Å². The van der Waals surface area contributed by atoms with Crippen molar-refractivity contribution in [2.45, 2.75) is 26.5 Å². The predicted octanol–water partition coefficient (Wildman–Crippen LogP) is 6.35. The molecule has 3 aromatic carbocycles. The van der Waals surface area contributed by atoms with Crippen molar-refractivity contribution in [1.29, 1.82) is 0 Å². The zero-order valence-corrected chi connectivity index (χ0v) is 27.2. The van der Waals surface area contributed by atoms with Gasteiger partial charge in [0.2, 0.25) is 0 Å². The average molecular weight is 674 g/mol. The van der Waals surface area contributed by atoms with Gasteiger partial charge in [-0.15, -0.1) is 0 Å². The molecule has 0 N–H and O–H groups in total. The highest BCUT2D eigenvalue weighted by Crippen LogP contribution is 2.37. The number of nitrogens with zero attached hydrogens (tertiary/aromatic N) is 2. The molecular formula is C32H27Cl3N2O6S. The Labute approximate surface area is 272 Å². The third-order valence-corrected chi connectivity index (χ3v) is 8.65. The lowest BCUT2D eigenvalue weighted by Gasteiger charge is -2.24. The van der Waals surface area contributed by atoms with Gasteiger partial charge in [0.1, 0.15) is 18.1 Å². The molecule has 12 heteroatoms. The van der Waals surface area contributed by atoms with Crippen LogP contribution >= 0.6 is 46.1 Å². The number of carbonyl (C=O) groups is 1. The molecule has 0 radical (unpaired) electrons. The van der Waals surface area contributed by atoms with E-state index < -0.39 is 12.0 Å². The summed E-state index contributed by atoms with van der Waals surface area (Å²) >= 11 is 19.8. The van der Waals surface area contributed by atoms with E-state index in [2.05, 4.69) is 4.99 Å². The molecule has 5 rings (SSSR count). The zero-order chi connectivity index (χ0) is 31.5. The second-order valence-corrected chi connectivity index (χ2v) is 11.9. The van der Waals surface area contributed by atoms with Crippen LogP contribution in [0.2, 0.25) is 15.1 Å². The van der Waals surface area contributed by atoms with E-state index in [4.69, 9.17) is 53.8 Å². The maximum atomic E-state index is 14.0. The van der Waals surface area contributed by atoms with Crippen LogP contribution in [-0.4, -0.2) is 31.4 Å². The lowest BCUT2D eigenvalue weighted by molar-refractivity contribution is -0.139. The van der Waals surface area contributed by atoms with Gasteiger partial charge in [-0.3, -0.25) is 9.36 Å². The normalized spacial score (nSPS) is 14.6. The average Bonchev–Trinajstić information content (AvgIpc) is 3.29. The number of carbonyl (C=O) groups excluding carboxylic acids is 1. The summed E-state index contributed by atoms with van der Waals surface area (Å²) in [5.41, 5.74) is 2.65. The standard InChI is InChI=1S/C32H27Cl3N2O6S/c1-5-42-31(39)27-17(2)36-32-37(28(27)19-7-9-22(40-3)10-8-19)30(38)26(44-32)13-18-6-11-25(41-4)20(12-18)16-43-29-23(34)14-21(33)15-24(29)35/h6-15,28H,5,16H2,1-4H3/t28-/m0/s1. The van der Waals surface area contributed by atoms with Gasteiger partial charge in [-0.2, -0.15) is 0 Å². The lowest BCUT2D eigenvalue weighted by atomic mass is 9.96. The molecule has 2 heterocycles. The van der Waals surface area contributed by atoms with Gasteiger partial charge in [0.25, 0.3) is 5.56 Å². The maximum Gasteiger partial charge on any atom is 0.338 e. The maximum absolute atomic E-state index is 14.0. The highest BCUT2D eigenvalue weighted by Gasteiger charge is 2.33. The Morgan fingerprint density at radius 2 is 1.73 bits per heavy atom. The highest BCUT2D eigenvalue weighted by molar-refractivity contribution is 7.07. The van der Waals surface area contributed by atoms with Crippen molar-refractivity contribution in [3.63, 3.8) is 0 Å². The SMILES string of the molecule is CCOC(=O)C1=C(C)N=c2sc(=Cc3ccc(OC)c(COc4c(Cl)cc(Cl)cc4Cl)c3)c(=O)n2[C@H]1c1ccc(OC)cc1. The molecule has 44 heavy (non-hydrogen) atoms. The van der Waals surface area contributed by atoms with Gasteiger partial charge in [-0.25, -0.2) is 9.79 Å². The van der Waals surface area contributed by atoms with Crippen LogP contribution in [0.25, 0.3) is 6.08 Å². The van der Waals surface area contributed by atoms with Crippen LogP contribution in [0.1, 0.15) is 36.6 Å². The first-order valence-corrected chi connectivity index (χ1v) is 15.4. The van der Waals surface area contributed by atoms with Gasteiger partial charge in [-0.1, -0.05) is 64.3 Å². The second kappa shape index (κ2) is 13.5. The molecule has 0 unspecified atom stereocenters. The third-order valence-electron chi connectivity index (χ3n) is 6.89. The Bertz CT molecular complexity index is 1930. The van der Waals surface area contributed by atoms with Crippen LogP contribution in [0.4, 0.5) is 0 Å². The minimum Gasteiger partial charge on any atom is -0.497 e. The van der Waals surface area contributed by atoms with Crippen LogP contribution in [0, 0.1) is 0 Å². The first-order chi connectivity index (χ1) is 21.1. The molecule has 1 atom stereocenters. The van der Waals surface area contributed by atoms with Gasteiger partial charge >= 0.3 is 5.97 Å². The molecule has 0 bridgehead atoms. The fourth-order valence-electron chi connectivity index (χ4n) is 4.86. The van der Waals surface area contributed by atoms with Crippen molar-refractivity contribution in [2.75, 3.05) is 20.8 Å². The summed E-state index contributed by atoms with van der Waals surface area (Å²) in [5.74, 6) is 1.01. The van der Waals surface area contributed by atoms with Crippen molar-refractivity contribution in [3.8, 4) is 17.2 Å². The van der Waals surface area contributed by atoms with E-state index in [-0.39, 0.29) is 28.8 Å². The molecule has 228 valence electrons. The Balaban J connectivity index is 1.57. The lowest BCUT2D eigenvalue weighted by Crippen LogP contribution is -2.39. The van der Waals surface area contributed by atoms with E-state index >= 15 is 0 Å². The number of benzene rings is 3. The first kappa shape index (κ1) is 31.7. The minimum atomic E-state index is -0.730. The molecular weight excluding hydrogens is 647 g/mol. The Morgan fingerprint density at radius 3 is 2.36 bits per heavy atom. The van der Waals surface area contributed by atoms with Crippen molar-refractivity contribution >= 4 is 58.2 Å². The summed E-state index contributed by atoms with van der Waals surface area (Å²) in [7, 11) is 3.13. The smallest absolute Gasteiger partial charge is 0.338 e. The number of aromatic nitrogens is 1. The summed E-state index contributed by atoms with van der Waals surface area (Å²) in [6.45, 7) is 3.76. The number of allylic oxidation sites excluding steroid dienone is 1. The van der Waals surface area contributed by atoms with Crippen LogP contribution in [-0.2, 0) is 16.1 Å². The second-order valence-electron chi connectivity index (χ2n) is 9.63. The molecule has 8 nitrogen and oxygen atoms in total. The zero-order valence-electron chi connectivity index (χ0n) is 24.2. The Hall–Kier alpha value is -3.76. The molecule has 1 aliphatic rings. The largest absolute Gasteiger partial charge is 0.497 e. The number of hydrogen-bond donors (Lipinski definition) is 0. The number of ether oxygens (including phenoxy) is 4. The molecule has 0 saturated carbocycles. The first-order valence-electron chi connectivity index (χ1n) is 13.4. The Kier molecular flexibility index (Phi) is 9.70. The van der Waals surface area contributed by atoms with Crippen molar-refractivity contribution in [2.24, 2.45) is 4.99 Å². The minimum absolute atomic E-state index is 0.0900. The van der Waals surface area contributed by atoms with E-state index in [0.29, 0.717) is 48.4 Å². The van der Waals surface area contributed by atoms with Crippen LogP contribution in [0.5, 0.6) is 17.2 Å². The van der Waals surface area contributed by atoms with Crippen LogP contribution in [0.15, 0.2) is 75.7 Å². The quantitative estimate of drug-likeness (QED) is 0.192. The molecule has 0 spiro atoms. The Morgan fingerprint density at radius 1 is 1.02 bits per heavy atom. The van der Waals surface area contributed by atoms with E-state index in [1.807, 2.05) is 24.3 Å². The summed E-state index contributed by atoms with van der Waals surface area (Å²) in [5, 5.41) is 0.956. The number of fused-ring (bicyclic) bond motifs is 1. The number of rotatable bonds is 9. The van der Waals surface area contributed by atoms with E-state index in [1.165, 1.54) is 15.9 Å². The molecule has 0 fully saturated rings. The third kappa shape index (κ3) is 6.37. The fourth-order valence-corrected chi connectivity index (χ4v) is 6.84. The summed E-state index contributed by atoms with van der Waals surface area (Å²) in [6.07, 6.45) is 1.77. The number of esters is 1. The van der Waals surface area contributed by atoms with Gasteiger partial charge < -0.3 is 18.9 Å². The van der Waals surface area contributed by atoms with Gasteiger partial charge in [0.05, 0.1) is 52.7 Å². The topological polar surface area (TPSA) is 88.4 Å². The van der Waals surface area contributed by atoms with E-state index in [0.717, 1.165) is 11.1 Å². The molecule has 0 aliphatic carbocycles. The van der Waals surface area contributed by atoms with Gasteiger partial charge in [-0.05, 0) is 67.4 Å². The van der Waals surface area contributed by atoms with E-state index in [9.17, 15) is 9.59 Å². The molecule has 0 amide bonds. The van der Waals surface area contributed by atoms with E-state index in [1.54, 1.807) is 64.5 Å². The predicted molar refractivity (Wildman–Crippen MR) is 172 cm³/mol. The highest BCUT2D eigenvalue weighted by atomic mass is 35.5. The number of methoxy groups -OCH3 is 2. The van der Waals surface area contributed by atoms with Crippen molar-refractivity contribution in [1.82, 2.24) is 4.57 Å². The molecule has 1 aliphatic heterocycles.